The van der Waals surface area contributed by atoms with Gasteiger partial charge in [0.15, 0.2) is 11.5 Å². The fourth-order valence-electron chi connectivity index (χ4n) is 4.09. The second-order valence-corrected chi connectivity index (χ2v) is 11.9. The van der Waals surface area contributed by atoms with Crippen LogP contribution in [0.3, 0.4) is 0 Å². The van der Waals surface area contributed by atoms with Crippen molar-refractivity contribution in [3.63, 3.8) is 0 Å². The molecular weight excluding hydrogens is 570 g/mol. The molecule has 1 aromatic heterocycles. The summed E-state index contributed by atoms with van der Waals surface area (Å²) in [6.07, 6.45) is 0.890. The number of benzene rings is 2. The van der Waals surface area contributed by atoms with Crippen LogP contribution in [-0.2, 0) is 32.5 Å². The van der Waals surface area contributed by atoms with E-state index in [1.807, 2.05) is 36.6 Å². The third kappa shape index (κ3) is 8.98. The van der Waals surface area contributed by atoms with Gasteiger partial charge in [-0.25, -0.2) is 8.42 Å². The van der Waals surface area contributed by atoms with E-state index in [1.165, 1.54) is 23.5 Å². The fraction of sp³-hybridized carbons (Fsp3) is 0.393. The van der Waals surface area contributed by atoms with Crippen molar-refractivity contribution in [2.45, 2.75) is 31.2 Å². The highest BCUT2D eigenvalue weighted by Gasteiger charge is 2.29. The van der Waals surface area contributed by atoms with Crippen LogP contribution in [0.15, 0.2) is 64.9 Å². The van der Waals surface area contributed by atoms with Gasteiger partial charge >= 0.3 is 0 Å². The van der Waals surface area contributed by atoms with Gasteiger partial charge in [0.05, 0.1) is 37.1 Å². The standard InChI is InChI=1S/C28H35N3O8S2/c1-4-39-17-6-15-30(41(35,36)25-11-9-23(10-12-25)31(33)34)21-28(32)29(20-24-7-5-18-40-24)16-14-22-8-13-26(37-2)27(19-22)38-3/h5,7-13,18-19H,4,6,14-17,20-21H2,1-3H3. The van der Waals surface area contributed by atoms with E-state index >= 15 is 0 Å². The first-order valence-electron chi connectivity index (χ1n) is 13.0. The number of non-ortho nitro benzene ring substituents is 1. The number of nitro benzene ring substituents is 1. The second kappa shape index (κ2) is 15.5. The minimum Gasteiger partial charge on any atom is -0.493 e. The Hall–Kier alpha value is -3.52. The number of nitro groups is 1. The van der Waals surface area contributed by atoms with Gasteiger partial charge in [-0.1, -0.05) is 12.1 Å². The number of hydrogen-bond acceptors (Lipinski definition) is 9. The number of hydrogen-bond donors (Lipinski definition) is 0. The Morgan fingerprint density at radius 2 is 1.76 bits per heavy atom. The summed E-state index contributed by atoms with van der Waals surface area (Å²) in [6.45, 7) is 2.99. The third-order valence-electron chi connectivity index (χ3n) is 6.30. The first-order valence-corrected chi connectivity index (χ1v) is 15.3. The SMILES string of the molecule is CCOCCCN(CC(=O)N(CCc1ccc(OC)c(OC)c1)Cc1cccs1)S(=O)(=O)c1ccc([N+](=O)[O-])cc1. The van der Waals surface area contributed by atoms with Crippen molar-refractivity contribution in [3.05, 3.63) is 80.5 Å². The number of sulfonamides is 1. The van der Waals surface area contributed by atoms with Crippen molar-refractivity contribution < 1.29 is 32.3 Å². The Labute approximate surface area is 244 Å². The zero-order valence-electron chi connectivity index (χ0n) is 23.4. The van der Waals surface area contributed by atoms with Crippen molar-refractivity contribution in [2.75, 3.05) is 47.1 Å². The normalized spacial score (nSPS) is 11.4. The molecule has 3 rings (SSSR count). The summed E-state index contributed by atoms with van der Waals surface area (Å²) in [6, 6.07) is 14.0. The first kappa shape index (κ1) is 32.0. The lowest BCUT2D eigenvalue weighted by molar-refractivity contribution is -0.384. The Balaban J connectivity index is 1.84. The molecule has 1 amide bonds. The van der Waals surface area contributed by atoms with E-state index < -0.39 is 14.9 Å². The molecule has 0 aliphatic carbocycles. The summed E-state index contributed by atoms with van der Waals surface area (Å²) in [5, 5.41) is 13.0. The Kier molecular flexibility index (Phi) is 12.1. The van der Waals surface area contributed by atoms with Gasteiger partial charge in [0.2, 0.25) is 15.9 Å². The highest BCUT2D eigenvalue weighted by atomic mass is 32.2. The Morgan fingerprint density at radius 3 is 2.37 bits per heavy atom. The van der Waals surface area contributed by atoms with Gasteiger partial charge < -0.3 is 19.1 Å². The molecule has 222 valence electrons. The van der Waals surface area contributed by atoms with Gasteiger partial charge in [-0.05, 0) is 61.0 Å². The molecule has 3 aromatic rings. The minimum atomic E-state index is -4.13. The molecule has 11 nitrogen and oxygen atoms in total. The van der Waals surface area contributed by atoms with Gasteiger partial charge in [0.25, 0.3) is 5.69 Å². The number of nitrogens with zero attached hydrogens (tertiary/aromatic N) is 3. The molecule has 1 heterocycles. The number of amides is 1. The van der Waals surface area contributed by atoms with Crippen molar-refractivity contribution in [3.8, 4) is 11.5 Å². The van der Waals surface area contributed by atoms with Crippen molar-refractivity contribution >= 4 is 33.0 Å². The van der Waals surface area contributed by atoms with Gasteiger partial charge in [-0.3, -0.25) is 14.9 Å². The fourth-order valence-corrected chi connectivity index (χ4v) is 6.24. The zero-order chi connectivity index (χ0) is 29.8. The molecule has 0 aliphatic rings. The molecule has 0 bridgehead atoms. The second-order valence-electron chi connectivity index (χ2n) is 8.97. The van der Waals surface area contributed by atoms with Crippen LogP contribution in [0, 0.1) is 10.1 Å². The van der Waals surface area contributed by atoms with Gasteiger partial charge in [-0.15, -0.1) is 11.3 Å². The van der Waals surface area contributed by atoms with Crippen LogP contribution in [0.25, 0.3) is 0 Å². The van der Waals surface area contributed by atoms with Crippen LogP contribution in [0.2, 0.25) is 0 Å². The summed E-state index contributed by atoms with van der Waals surface area (Å²) in [4.78, 5) is 26.6. The van der Waals surface area contributed by atoms with E-state index in [1.54, 1.807) is 25.2 Å². The van der Waals surface area contributed by atoms with Crippen molar-refractivity contribution in [2.24, 2.45) is 0 Å². The van der Waals surface area contributed by atoms with Crippen LogP contribution >= 0.6 is 11.3 Å². The van der Waals surface area contributed by atoms with E-state index in [0.29, 0.717) is 50.6 Å². The highest BCUT2D eigenvalue weighted by Crippen LogP contribution is 2.28. The lowest BCUT2D eigenvalue weighted by Crippen LogP contribution is -2.43. The van der Waals surface area contributed by atoms with Crippen LogP contribution in [0.4, 0.5) is 5.69 Å². The molecular formula is C28H35N3O8S2. The lowest BCUT2D eigenvalue weighted by Gasteiger charge is -2.27. The summed E-state index contributed by atoms with van der Waals surface area (Å²) in [5.74, 6) is 0.818. The topological polar surface area (TPSA) is 129 Å². The predicted molar refractivity (Wildman–Crippen MR) is 156 cm³/mol. The molecule has 0 N–H and O–H groups in total. The molecule has 0 fully saturated rings. The van der Waals surface area contributed by atoms with Crippen LogP contribution in [0.1, 0.15) is 23.8 Å². The molecule has 41 heavy (non-hydrogen) atoms. The molecule has 0 saturated heterocycles. The number of carbonyl (C=O) groups excluding carboxylic acids is 1. The number of rotatable bonds is 17. The molecule has 0 saturated carbocycles. The highest BCUT2D eigenvalue weighted by molar-refractivity contribution is 7.89. The quantitative estimate of drug-likeness (QED) is 0.126. The largest absolute Gasteiger partial charge is 0.493 e. The van der Waals surface area contributed by atoms with Crippen LogP contribution < -0.4 is 9.47 Å². The summed E-state index contributed by atoms with van der Waals surface area (Å²) < 4.78 is 44.4. The van der Waals surface area contributed by atoms with E-state index in [9.17, 15) is 23.3 Å². The molecule has 0 aliphatic heterocycles. The van der Waals surface area contributed by atoms with E-state index in [4.69, 9.17) is 14.2 Å². The average molecular weight is 606 g/mol. The maximum Gasteiger partial charge on any atom is 0.269 e. The maximum absolute atomic E-state index is 13.7. The summed E-state index contributed by atoms with van der Waals surface area (Å²) >= 11 is 1.51. The summed E-state index contributed by atoms with van der Waals surface area (Å²) in [5.41, 5.74) is 0.707. The van der Waals surface area contributed by atoms with Crippen LogP contribution in [-0.4, -0.2) is 75.5 Å². The Morgan fingerprint density at radius 1 is 1.02 bits per heavy atom. The third-order valence-corrected chi connectivity index (χ3v) is 9.02. The predicted octanol–water partition coefficient (Wildman–Crippen LogP) is 4.36. The number of methoxy groups -OCH3 is 2. The number of thiophene rings is 1. The molecule has 13 heteroatoms. The molecule has 0 atom stereocenters. The molecule has 0 spiro atoms. The number of carbonyl (C=O) groups is 1. The number of ether oxygens (including phenoxy) is 3. The zero-order valence-corrected chi connectivity index (χ0v) is 25.0. The van der Waals surface area contributed by atoms with Crippen molar-refractivity contribution in [1.29, 1.82) is 0 Å². The van der Waals surface area contributed by atoms with Gasteiger partial charge in [0, 0.05) is 43.3 Å². The molecule has 2 aromatic carbocycles. The van der Waals surface area contributed by atoms with Gasteiger partial charge in [-0.2, -0.15) is 4.31 Å². The van der Waals surface area contributed by atoms with Crippen LogP contribution in [0.5, 0.6) is 11.5 Å². The maximum atomic E-state index is 13.7. The minimum absolute atomic E-state index is 0.0492. The van der Waals surface area contributed by atoms with Gasteiger partial charge in [0.1, 0.15) is 0 Å². The smallest absolute Gasteiger partial charge is 0.269 e. The first-order chi connectivity index (χ1) is 19.7. The average Bonchev–Trinajstić information content (AvgIpc) is 3.49. The lowest BCUT2D eigenvalue weighted by atomic mass is 10.1. The Bertz CT molecular complexity index is 1380. The van der Waals surface area contributed by atoms with E-state index in [0.717, 1.165) is 26.9 Å². The van der Waals surface area contributed by atoms with E-state index in [-0.39, 0.29) is 29.6 Å². The van der Waals surface area contributed by atoms with Crippen molar-refractivity contribution in [1.82, 2.24) is 9.21 Å². The monoisotopic (exact) mass is 605 g/mol. The molecule has 0 unspecified atom stereocenters. The molecule has 0 radical (unpaired) electrons. The summed E-state index contributed by atoms with van der Waals surface area (Å²) in [7, 11) is -1.01. The van der Waals surface area contributed by atoms with E-state index in [2.05, 4.69) is 0 Å².